The van der Waals surface area contributed by atoms with Crippen LogP contribution in [0.1, 0.15) is 16.8 Å². The summed E-state index contributed by atoms with van der Waals surface area (Å²) in [5.74, 6) is -1.28. The van der Waals surface area contributed by atoms with Gasteiger partial charge in [-0.15, -0.1) is 0 Å². The molecule has 0 aliphatic rings. The van der Waals surface area contributed by atoms with Gasteiger partial charge >= 0.3 is 0 Å². The fraction of sp³-hybridized carbons (Fsp3) is 0.154. The quantitative estimate of drug-likeness (QED) is 0.857. The summed E-state index contributed by atoms with van der Waals surface area (Å²) in [6, 6.07) is 9.19. The van der Waals surface area contributed by atoms with Crippen LogP contribution in [-0.4, -0.2) is 15.7 Å². The number of nitrogens with zero attached hydrogens (tertiary/aromatic N) is 3. The summed E-state index contributed by atoms with van der Waals surface area (Å²) >= 11 is 3.33. The first-order valence-corrected chi connectivity index (χ1v) is 6.33. The largest absolute Gasteiger partial charge is 0.545 e. The van der Waals surface area contributed by atoms with Gasteiger partial charge in [-0.05, 0) is 12.1 Å². The molecule has 2 rings (SSSR count). The highest BCUT2D eigenvalue weighted by Gasteiger charge is 2.12. The average molecular weight is 319 g/mol. The molecular weight excluding hydrogens is 310 g/mol. The molecule has 0 aliphatic heterocycles. The molecule has 0 fully saturated rings. The molecule has 1 aromatic heterocycles. The monoisotopic (exact) mass is 318 g/mol. The van der Waals surface area contributed by atoms with Gasteiger partial charge in [-0.25, -0.2) is 0 Å². The van der Waals surface area contributed by atoms with E-state index in [2.05, 4.69) is 21.0 Å². The molecule has 0 N–H and O–H groups in total. The molecule has 0 unspecified atom stereocenters. The Kier molecular flexibility index (Phi) is 3.97. The Labute approximate surface area is 118 Å². The summed E-state index contributed by atoms with van der Waals surface area (Å²) in [4.78, 5) is 11.1. The van der Waals surface area contributed by atoms with Gasteiger partial charge in [0, 0.05) is 21.8 Å². The van der Waals surface area contributed by atoms with Crippen LogP contribution in [0.4, 0.5) is 0 Å². The molecule has 2 aromatic rings. The van der Waals surface area contributed by atoms with Crippen molar-refractivity contribution in [1.82, 2.24) is 9.78 Å². The lowest BCUT2D eigenvalue weighted by atomic mass is 10.1. The van der Waals surface area contributed by atoms with Gasteiger partial charge in [0.1, 0.15) is 5.69 Å². The summed E-state index contributed by atoms with van der Waals surface area (Å²) in [5.41, 5.74) is 1.06. The van der Waals surface area contributed by atoms with Crippen molar-refractivity contribution in [2.24, 2.45) is 0 Å². The lowest BCUT2D eigenvalue weighted by Gasteiger charge is -2.03. The summed E-state index contributed by atoms with van der Waals surface area (Å²) in [6.07, 6.45) is 1.66. The lowest BCUT2D eigenvalue weighted by Crippen LogP contribution is -2.22. The number of carboxylic acid groups (broad SMARTS) is 1. The zero-order valence-corrected chi connectivity index (χ0v) is 11.4. The summed E-state index contributed by atoms with van der Waals surface area (Å²) in [6.45, 7) is 0.352. The number of hydrogen-bond acceptors (Lipinski definition) is 4. The number of halogens is 1. The number of carbonyl (C=O) groups excluding carboxylic acids is 1. The van der Waals surface area contributed by atoms with Crippen molar-refractivity contribution in [3.63, 3.8) is 0 Å². The number of aromatic carboxylic acids is 1. The molecular formula is C13H9BrN3O2-. The van der Waals surface area contributed by atoms with Gasteiger partial charge in [0.25, 0.3) is 0 Å². The van der Waals surface area contributed by atoms with Gasteiger partial charge in [0.05, 0.1) is 25.0 Å². The van der Waals surface area contributed by atoms with E-state index in [1.54, 1.807) is 18.2 Å². The third-order valence-electron chi connectivity index (χ3n) is 2.53. The Morgan fingerprint density at radius 3 is 2.95 bits per heavy atom. The maximum Gasteiger partial charge on any atom is 0.101 e. The highest BCUT2D eigenvalue weighted by molar-refractivity contribution is 9.10. The van der Waals surface area contributed by atoms with Crippen molar-refractivity contribution in [2.75, 3.05) is 0 Å². The van der Waals surface area contributed by atoms with E-state index in [4.69, 9.17) is 5.26 Å². The second kappa shape index (κ2) is 5.67. The normalized spacial score (nSPS) is 10.1. The van der Waals surface area contributed by atoms with Crippen LogP contribution in [0.25, 0.3) is 11.3 Å². The standard InChI is InChI=1S/C13H10BrN3O2/c14-10-4-1-3-9(7-10)12-11(13(18)19)8-17(16-12)6-2-5-15/h1,3-4,7-8H,2,6H2,(H,18,19)/p-1. The van der Waals surface area contributed by atoms with Crippen LogP contribution < -0.4 is 5.11 Å². The Balaban J connectivity index is 2.46. The minimum Gasteiger partial charge on any atom is -0.545 e. The number of hydrogen-bond donors (Lipinski definition) is 0. The fourth-order valence-electron chi connectivity index (χ4n) is 1.70. The minimum atomic E-state index is -1.28. The number of benzene rings is 1. The summed E-state index contributed by atoms with van der Waals surface area (Å²) in [7, 11) is 0. The van der Waals surface area contributed by atoms with Gasteiger partial charge in [0.15, 0.2) is 0 Å². The van der Waals surface area contributed by atoms with Crippen molar-refractivity contribution in [3.8, 4) is 17.3 Å². The first-order valence-electron chi connectivity index (χ1n) is 5.53. The van der Waals surface area contributed by atoms with E-state index in [9.17, 15) is 9.90 Å². The van der Waals surface area contributed by atoms with Crippen molar-refractivity contribution >= 4 is 21.9 Å². The van der Waals surface area contributed by atoms with E-state index in [0.717, 1.165) is 4.47 Å². The van der Waals surface area contributed by atoms with E-state index in [0.29, 0.717) is 17.8 Å². The number of aromatic nitrogens is 2. The minimum absolute atomic E-state index is 0.0241. The second-order valence-corrected chi connectivity index (χ2v) is 4.78. The number of aryl methyl sites for hydroxylation is 1. The topological polar surface area (TPSA) is 81.7 Å². The Hall–Kier alpha value is -2.13. The van der Waals surface area contributed by atoms with Gasteiger partial charge in [-0.2, -0.15) is 10.4 Å². The van der Waals surface area contributed by atoms with Crippen LogP contribution in [0.3, 0.4) is 0 Å². The highest BCUT2D eigenvalue weighted by atomic mass is 79.9. The zero-order valence-electron chi connectivity index (χ0n) is 9.84. The summed E-state index contributed by atoms with van der Waals surface area (Å²) < 4.78 is 2.28. The maximum absolute atomic E-state index is 11.1. The van der Waals surface area contributed by atoms with E-state index >= 15 is 0 Å². The molecule has 0 spiro atoms. The van der Waals surface area contributed by atoms with Gasteiger partial charge < -0.3 is 9.90 Å². The van der Waals surface area contributed by atoms with Crippen LogP contribution in [0, 0.1) is 11.3 Å². The highest BCUT2D eigenvalue weighted by Crippen LogP contribution is 2.24. The predicted molar refractivity (Wildman–Crippen MR) is 69.9 cm³/mol. The molecule has 0 radical (unpaired) electrons. The zero-order chi connectivity index (χ0) is 13.8. The smallest absolute Gasteiger partial charge is 0.101 e. The van der Waals surface area contributed by atoms with Crippen molar-refractivity contribution in [1.29, 1.82) is 5.26 Å². The van der Waals surface area contributed by atoms with Gasteiger partial charge in [-0.1, -0.05) is 28.1 Å². The molecule has 0 atom stereocenters. The lowest BCUT2D eigenvalue weighted by molar-refractivity contribution is -0.254. The number of carboxylic acids is 1. The summed E-state index contributed by atoms with van der Waals surface area (Å²) in [5, 5.41) is 23.9. The van der Waals surface area contributed by atoms with E-state index < -0.39 is 5.97 Å². The third kappa shape index (κ3) is 3.01. The predicted octanol–water partition coefficient (Wildman–Crippen LogP) is 1.59. The fourth-order valence-corrected chi connectivity index (χ4v) is 2.10. The van der Waals surface area contributed by atoms with Crippen molar-refractivity contribution in [2.45, 2.75) is 13.0 Å². The van der Waals surface area contributed by atoms with Crippen LogP contribution in [0.5, 0.6) is 0 Å². The van der Waals surface area contributed by atoms with E-state index in [1.807, 2.05) is 12.1 Å². The average Bonchev–Trinajstić information content (AvgIpc) is 2.80. The van der Waals surface area contributed by atoms with Crippen LogP contribution in [0.2, 0.25) is 0 Å². The molecule has 5 nitrogen and oxygen atoms in total. The van der Waals surface area contributed by atoms with Gasteiger partial charge in [0.2, 0.25) is 0 Å². The SMILES string of the molecule is N#CCCn1cc(C(=O)[O-])c(-c2cccc(Br)c2)n1. The number of rotatable bonds is 4. The molecule has 96 valence electrons. The molecule has 6 heteroatoms. The van der Waals surface area contributed by atoms with Crippen LogP contribution in [0.15, 0.2) is 34.9 Å². The first-order chi connectivity index (χ1) is 9.11. The molecule has 1 heterocycles. The molecule has 0 aliphatic carbocycles. The van der Waals surface area contributed by atoms with Crippen molar-refractivity contribution < 1.29 is 9.90 Å². The molecule has 0 bridgehead atoms. The van der Waals surface area contributed by atoms with Crippen LogP contribution >= 0.6 is 15.9 Å². The Bertz CT molecular complexity index is 658. The molecule has 1 aromatic carbocycles. The molecule has 0 saturated heterocycles. The third-order valence-corrected chi connectivity index (χ3v) is 3.03. The van der Waals surface area contributed by atoms with Gasteiger partial charge in [-0.3, -0.25) is 4.68 Å². The van der Waals surface area contributed by atoms with E-state index in [1.165, 1.54) is 10.9 Å². The van der Waals surface area contributed by atoms with E-state index in [-0.39, 0.29) is 12.0 Å². The second-order valence-electron chi connectivity index (χ2n) is 3.86. The van der Waals surface area contributed by atoms with Crippen LogP contribution in [-0.2, 0) is 6.54 Å². The molecule has 0 amide bonds. The molecule has 0 saturated carbocycles. The van der Waals surface area contributed by atoms with Crippen molar-refractivity contribution in [3.05, 3.63) is 40.5 Å². The first kappa shape index (κ1) is 13.3. The Morgan fingerprint density at radius 1 is 1.53 bits per heavy atom. The number of carbonyl (C=O) groups is 1. The maximum atomic E-state index is 11.1. The molecule has 19 heavy (non-hydrogen) atoms. The Morgan fingerprint density at radius 2 is 2.32 bits per heavy atom. The number of nitriles is 1.